The number of carbonyl (C=O) groups excluding carboxylic acids is 4. The SMILES string of the molecule is C.C.CCC(CO)CO.CCC(CO)COc1ccc(C(F)(F)F)cc1.CCC(COc1ccc(C(F)(F)F)cc1)CSc1ccc(OCC(=O)O)c(C)c1.CCOC(=O)C(CC)C(=O)OCC.CCOC(=O)COc1ccc(S)cc1C.CCOC(=O)COc1ccc(SCC(CC)COc2ccc(C(F)(F)F)cc2)cc1C.Oc1ccc(C(F)F)cc1. The van der Waals surface area contributed by atoms with E-state index in [-0.39, 0.29) is 109 Å². The molecule has 20 nitrogen and oxygen atoms in total. The smallest absolute Gasteiger partial charge is 0.416 e. The number of carbonyl (C=O) groups is 5. The number of aliphatic carboxylic acids is 1. The zero-order chi connectivity index (χ0) is 92.0. The molecule has 7 aromatic carbocycles. The number of aliphatic hydroxyl groups excluding tert-OH is 3. The van der Waals surface area contributed by atoms with Crippen LogP contribution in [0.3, 0.4) is 0 Å². The number of thioether (sulfide) groups is 2. The highest BCUT2D eigenvalue weighted by Crippen LogP contribution is 2.35. The van der Waals surface area contributed by atoms with Gasteiger partial charge in [-0.1, -0.05) is 49.5 Å². The van der Waals surface area contributed by atoms with E-state index in [1.165, 1.54) is 60.7 Å². The number of phenolic OH excluding ortho intramolecular Hbond substituents is 1. The zero-order valence-electron chi connectivity index (χ0n) is 70.3. The average molecular weight is 1830 g/mol. The van der Waals surface area contributed by atoms with Crippen molar-refractivity contribution < 1.29 is 145 Å². The number of alkyl halides is 11. The molecule has 7 rings (SSSR count). The number of carboxylic acids is 1. The van der Waals surface area contributed by atoms with E-state index in [4.69, 9.17) is 72.9 Å². The predicted octanol–water partition coefficient (Wildman–Crippen LogP) is 21.9. The lowest BCUT2D eigenvalue weighted by molar-refractivity contribution is -0.162. The molecular formula is C90H121F11O20S3. The van der Waals surface area contributed by atoms with Gasteiger partial charge in [-0.15, -0.1) is 36.2 Å². The molecule has 0 heterocycles. The topological polar surface area (TPSA) is 279 Å². The summed E-state index contributed by atoms with van der Waals surface area (Å²) in [5.41, 5.74) is 0.573. The summed E-state index contributed by atoms with van der Waals surface area (Å²) in [4.78, 5) is 58.3. The third-order valence-corrected chi connectivity index (χ3v) is 19.6. The molecular weight excluding hydrogens is 1710 g/mol. The van der Waals surface area contributed by atoms with Gasteiger partial charge in [0.2, 0.25) is 0 Å². The van der Waals surface area contributed by atoms with E-state index in [9.17, 15) is 72.3 Å². The number of aryl methyl sites for hydroxylation is 3. The molecule has 0 aliphatic rings. The number of aliphatic hydroxyl groups is 3. The normalized spacial score (nSPS) is 11.5. The minimum Gasteiger partial charge on any atom is -0.508 e. The molecule has 0 fully saturated rings. The first kappa shape index (κ1) is 117. The van der Waals surface area contributed by atoms with E-state index >= 15 is 0 Å². The van der Waals surface area contributed by atoms with Crippen molar-refractivity contribution in [2.24, 2.45) is 29.6 Å². The summed E-state index contributed by atoms with van der Waals surface area (Å²) >= 11 is 7.51. The highest BCUT2D eigenvalue weighted by atomic mass is 32.2. The molecule has 7 aromatic rings. The molecule has 0 aliphatic heterocycles. The fourth-order valence-corrected chi connectivity index (χ4v) is 12.0. The highest BCUT2D eigenvalue weighted by Gasteiger charge is 2.33. The minimum absolute atomic E-state index is 0. The first-order chi connectivity index (χ1) is 57.7. The first-order valence-corrected chi connectivity index (χ1v) is 41.5. The van der Waals surface area contributed by atoms with Crippen molar-refractivity contribution in [2.45, 2.75) is 170 Å². The molecule has 5 N–H and O–H groups in total. The second-order valence-corrected chi connectivity index (χ2v) is 29.0. The molecule has 0 aromatic heterocycles. The number of carboxylic acid groups (broad SMARTS) is 1. The van der Waals surface area contributed by atoms with E-state index in [2.05, 4.69) is 19.6 Å². The molecule has 0 radical (unpaired) electrons. The van der Waals surface area contributed by atoms with Gasteiger partial charge in [-0.25, -0.2) is 23.2 Å². The Hall–Kier alpha value is -9.35. The Labute approximate surface area is 734 Å². The lowest BCUT2D eigenvalue weighted by Crippen LogP contribution is -2.27. The Bertz CT molecular complexity index is 4040. The van der Waals surface area contributed by atoms with Crippen LogP contribution in [0.15, 0.2) is 166 Å². The van der Waals surface area contributed by atoms with Gasteiger partial charge in [0.25, 0.3) is 6.43 Å². The monoisotopic (exact) mass is 1830 g/mol. The molecule has 696 valence electrons. The standard InChI is InChI=1S/C23H27F3O4S.C21H23F3O4S.C12H15F3O2.C11H14O3S.C9H16O4.C7H6F2O.C5H12O2.2CH4/c1-4-17(13-29-19-8-6-18(7-9-19)23(24,25)26)15-31-20-10-11-21(16(3)12-20)30-14-22(27)28-5-2;1-3-15(11-27-17-6-4-16(5-7-17)21(22,23)24)13-29-18-8-9-19(14(2)10-18)28-12-20(25)26;1-2-9(7-16)8-17-11-5-3-10(4-6-11)12(13,14)15;1-3-13-11(12)7-14-10-5-4-9(15)6-8(10)2;1-4-7(8(10)12-5-2)9(11)13-6-3;8-7(9)5-1-3-6(10)4-2-5;1-2-5(3-6)4-7;;/h6-12,17H,4-5,13-15H2,1-3H3;4-10,15H,3,11-13H2,1-2H3,(H,25,26);3-6,9,16H,2,7-8H2,1H3;4-6,15H,3,7H2,1-2H3;7H,4-6H2,1-3H3;1-4,7,10H;5-7H,2-4H2,1H3;2*1H4. The molecule has 0 amide bonds. The van der Waals surface area contributed by atoms with Gasteiger partial charge in [-0.3, -0.25) is 9.59 Å². The third kappa shape index (κ3) is 50.0. The van der Waals surface area contributed by atoms with Crippen LogP contribution in [0.2, 0.25) is 0 Å². The lowest BCUT2D eigenvalue weighted by Gasteiger charge is -2.17. The van der Waals surface area contributed by atoms with E-state index in [1.54, 1.807) is 70.3 Å². The average Bonchev–Trinajstić information content (AvgIpc) is 0.846. The van der Waals surface area contributed by atoms with Crippen molar-refractivity contribution in [1.29, 1.82) is 0 Å². The van der Waals surface area contributed by atoms with Gasteiger partial charge in [0.15, 0.2) is 25.7 Å². The fraction of sp³-hybridized carbons (Fsp3) is 0.478. The number of thiol groups is 1. The van der Waals surface area contributed by atoms with Crippen molar-refractivity contribution in [3.8, 4) is 40.2 Å². The summed E-state index contributed by atoms with van der Waals surface area (Å²) in [6, 6.07) is 35.6. The summed E-state index contributed by atoms with van der Waals surface area (Å²) < 4.78 is 188. The largest absolute Gasteiger partial charge is 0.508 e. The van der Waals surface area contributed by atoms with Gasteiger partial charge >= 0.3 is 48.4 Å². The van der Waals surface area contributed by atoms with Crippen LogP contribution in [0.4, 0.5) is 48.3 Å². The van der Waals surface area contributed by atoms with Crippen LogP contribution >= 0.6 is 36.2 Å². The minimum atomic E-state index is -4.35. The molecule has 124 heavy (non-hydrogen) atoms. The maximum atomic E-state index is 12.6. The number of ether oxygens (including phenoxy) is 10. The molecule has 0 spiro atoms. The number of benzene rings is 7. The molecule has 3 atom stereocenters. The fourth-order valence-electron chi connectivity index (χ4n) is 9.37. The van der Waals surface area contributed by atoms with Crippen molar-refractivity contribution in [3.05, 3.63) is 191 Å². The number of aromatic hydroxyl groups is 1. The zero-order valence-corrected chi connectivity index (χ0v) is 72.8. The van der Waals surface area contributed by atoms with E-state index in [0.29, 0.717) is 74.0 Å². The second kappa shape index (κ2) is 64.4. The van der Waals surface area contributed by atoms with E-state index < -0.39 is 71.4 Å². The summed E-state index contributed by atoms with van der Waals surface area (Å²) in [6.45, 7) is 24.3. The summed E-state index contributed by atoms with van der Waals surface area (Å²) in [5, 5.41) is 43.0. The van der Waals surface area contributed by atoms with Crippen LogP contribution in [-0.4, -0.2) is 153 Å². The van der Waals surface area contributed by atoms with Crippen LogP contribution in [0.25, 0.3) is 0 Å². The predicted molar refractivity (Wildman–Crippen MR) is 460 cm³/mol. The first-order valence-electron chi connectivity index (χ1n) is 39.0. The Balaban J connectivity index is 0. The molecule has 0 saturated carbocycles. The van der Waals surface area contributed by atoms with Crippen LogP contribution < -0.4 is 28.4 Å². The Morgan fingerprint density at radius 3 is 0.976 bits per heavy atom. The maximum absolute atomic E-state index is 12.6. The molecule has 34 heteroatoms. The van der Waals surface area contributed by atoms with Crippen molar-refractivity contribution >= 4 is 66.0 Å². The van der Waals surface area contributed by atoms with Gasteiger partial charge in [0, 0.05) is 75.2 Å². The van der Waals surface area contributed by atoms with Crippen LogP contribution in [0, 0.1) is 50.4 Å². The number of phenols is 1. The molecule has 0 aliphatic carbocycles. The van der Waals surface area contributed by atoms with Crippen LogP contribution in [-0.2, 0) is 61.4 Å². The lowest BCUT2D eigenvalue weighted by atomic mass is 10.1. The number of hydrogen-bond donors (Lipinski definition) is 6. The van der Waals surface area contributed by atoms with Crippen molar-refractivity contribution in [2.75, 3.05) is 97.4 Å². The molecule has 3 unspecified atom stereocenters. The van der Waals surface area contributed by atoms with Gasteiger partial charge in [-0.2, -0.15) is 39.5 Å². The summed E-state index contributed by atoms with van der Waals surface area (Å²) in [5.74, 6) is 1.70. The number of esters is 4. The number of halogens is 11. The van der Waals surface area contributed by atoms with Crippen molar-refractivity contribution in [1.82, 2.24) is 0 Å². The number of hydrogen-bond acceptors (Lipinski definition) is 22. The molecule has 0 saturated heterocycles. The summed E-state index contributed by atoms with van der Waals surface area (Å²) in [6.07, 6.45) is -11.7. The third-order valence-electron chi connectivity index (χ3n) is 16.9. The van der Waals surface area contributed by atoms with Gasteiger partial charge in [-0.05, 0) is 249 Å². The number of rotatable bonds is 39. The second-order valence-electron chi connectivity index (χ2n) is 26.3. The van der Waals surface area contributed by atoms with E-state index in [0.717, 1.165) is 105 Å². The Morgan fingerprint density at radius 2 is 0.710 bits per heavy atom. The Morgan fingerprint density at radius 1 is 0.395 bits per heavy atom. The van der Waals surface area contributed by atoms with E-state index in [1.807, 2.05) is 84.0 Å². The van der Waals surface area contributed by atoms with Gasteiger partial charge in [0.05, 0.1) is 62.9 Å². The van der Waals surface area contributed by atoms with Crippen molar-refractivity contribution in [3.63, 3.8) is 0 Å². The molecule has 0 bridgehead atoms. The van der Waals surface area contributed by atoms with Crippen LogP contribution in [0.5, 0.6) is 40.2 Å². The van der Waals surface area contributed by atoms with Gasteiger partial charge in [0.1, 0.15) is 40.2 Å². The quantitative estimate of drug-likeness (QED) is 0.00521. The Kier molecular flexibility index (Phi) is 60.6. The van der Waals surface area contributed by atoms with Gasteiger partial charge < -0.3 is 72.9 Å². The van der Waals surface area contributed by atoms with Crippen LogP contribution in [0.1, 0.15) is 155 Å². The maximum Gasteiger partial charge on any atom is 0.416 e. The highest BCUT2D eigenvalue weighted by molar-refractivity contribution is 7.99. The summed E-state index contributed by atoms with van der Waals surface area (Å²) in [7, 11) is 0.